The van der Waals surface area contributed by atoms with Crippen LogP contribution in [-0.4, -0.2) is 5.78 Å². The van der Waals surface area contributed by atoms with Crippen molar-refractivity contribution in [3.8, 4) is 0 Å². The van der Waals surface area contributed by atoms with Crippen LogP contribution < -0.4 is 0 Å². The fourth-order valence-electron chi connectivity index (χ4n) is 3.14. The van der Waals surface area contributed by atoms with Crippen molar-refractivity contribution in [2.24, 2.45) is 0 Å². The minimum absolute atomic E-state index is 0.159. The molecule has 0 aliphatic rings. The topological polar surface area (TPSA) is 17.1 Å². The third kappa shape index (κ3) is 2.42. The first-order valence-corrected chi connectivity index (χ1v) is 7.45. The van der Waals surface area contributed by atoms with Gasteiger partial charge in [-0.3, -0.25) is 4.79 Å². The van der Waals surface area contributed by atoms with Gasteiger partial charge in [0.15, 0.2) is 5.78 Å². The summed E-state index contributed by atoms with van der Waals surface area (Å²) in [5.74, 6) is 0.159. The minimum Gasteiger partial charge on any atom is -0.289 e. The van der Waals surface area contributed by atoms with Crippen LogP contribution in [-0.2, 0) is 0 Å². The second-order valence-electron chi connectivity index (χ2n) is 6.10. The molecule has 0 radical (unpaired) electrons. The van der Waals surface area contributed by atoms with Gasteiger partial charge in [-0.25, -0.2) is 0 Å². The Labute approximate surface area is 128 Å². The van der Waals surface area contributed by atoms with E-state index in [0.29, 0.717) is 0 Å². The maximum absolute atomic E-state index is 13.1. The van der Waals surface area contributed by atoms with Crippen LogP contribution in [0.25, 0.3) is 0 Å². The smallest absolute Gasteiger partial charge is 0.194 e. The molecule has 0 aliphatic carbocycles. The largest absolute Gasteiger partial charge is 0.289 e. The second-order valence-corrected chi connectivity index (χ2v) is 6.10. The highest BCUT2D eigenvalue weighted by molar-refractivity contribution is 6.13. The van der Waals surface area contributed by atoms with Crippen molar-refractivity contribution in [3.05, 3.63) is 68.3 Å². The van der Waals surface area contributed by atoms with Crippen molar-refractivity contribution in [3.63, 3.8) is 0 Å². The molecule has 0 aliphatic heterocycles. The van der Waals surface area contributed by atoms with E-state index in [2.05, 4.69) is 34.6 Å². The van der Waals surface area contributed by atoms with Gasteiger partial charge in [0.2, 0.25) is 0 Å². The van der Waals surface area contributed by atoms with Gasteiger partial charge in [0.1, 0.15) is 0 Å². The average molecular weight is 280 g/mol. The van der Waals surface area contributed by atoms with E-state index in [-0.39, 0.29) is 5.78 Å². The monoisotopic (exact) mass is 280 g/mol. The standard InChI is InChI=1S/C20H24O/c1-11-9-8-10-12(2)18(11)20(21)19-16(6)14(4)13(3)15(5)17(19)7/h8-10H,1-7H3. The molecule has 2 aromatic carbocycles. The van der Waals surface area contributed by atoms with Crippen LogP contribution in [0.5, 0.6) is 0 Å². The first-order chi connectivity index (χ1) is 9.77. The molecule has 21 heavy (non-hydrogen) atoms. The Kier molecular flexibility index (Phi) is 4.04. The summed E-state index contributed by atoms with van der Waals surface area (Å²) in [5, 5.41) is 0. The predicted octanol–water partition coefficient (Wildman–Crippen LogP) is 5.08. The highest BCUT2D eigenvalue weighted by Gasteiger charge is 2.21. The molecular weight excluding hydrogens is 256 g/mol. The van der Waals surface area contributed by atoms with Crippen LogP contribution >= 0.6 is 0 Å². The van der Waals surface area contributed by atoms with E-state index in [1.54, 1.807) is 0 Å². The molecule has 0 bridgehead atoms. The number of aryl methyl sites for hydroxylation is 2. The number of carbonyl (C=O) groups is 1. The van der Waals surface area contributed by atoms with Crippen molar-refractivity contribution in [1.82, 2.24) is 0 Å². The second kappa shape index (κ2) is 5.48. The molecule has 0 spiro atoms. The van der Waals surface area contributed by atoms with Crippen molar-refractivity contribution >= 4 is 5.78 Å². The third-order valence-electron chi connectivity index (χ3n) is 4.94. The number of hydrogen-bond donors (Lipinski definition) is 0. The van der Waals surface area contributed by atoms with Gasteiger partial charge in [-0.15, -0.1) is 0 Å². The van der Waals surface area contributed by atoms with Crippen molar-refractivity contribution in [2.45, 2.75) is 48.5 Å². The number of benzene rings is 2. The summed E-state index contributed by atoms with van der Waals surface area (Å²) < 4.78 is 0. The Hall–Kier alpha value is -1.89. The zero-order valence-corrected chi connectivity index (χ0v) is 14.1. The van der Waals surface area contributed by atoms with E-state index in [9.17, 15) is 4.79 Å². The highest BCUT2D eigenvalue weighted by Crippen LogP contribution is 2.29. The van der Waals surface area contributed by atoms with Crippen LogP contribution in [0.3, 0.4) is 0 Å². The Morgan fingerprint density at radius 1 is 0.619 bits per heavy atom. The van der Waals surface area contributed by atoms with Crippen molar-refractivity contribution in [2.75, 3.05) is 0 Å². The zero-order valence-electron chi connectivity index (χ0n) is 14.1. The van der Waals surface area contributed by atoms with Crippen molar-refractivity contribution in [1.29, 1.82) is 0 Å². The summed E-state index contributed by atoms with van der Waals surface area (Å²) in [5.41, 5.74) is 9.82. The molecule has 0 unspecified atom stereocenters. The van der Waals surface area contributed by atoms with E-state index in [1.165, 1.54) is 16.7 Å². The molecule has 0 fully saturated rings. The van der Waals surface area contributed by atoms with Crippen LogP contribution in [0.2, 0.25) is 0 Å². The maximum atomic E-state index is 13.1. The summed E-state index contributed by atoms with van der Waals surface area (Å²) in [4.78, 5) is 13.1. The summed E-state index contributed by atoms with van der Waals surface area (Å²) >= 11 is 0. The zero-order chi connectivity index (χ0) is 15.9. The number of hydrogen-bond acceptors (Lipinski definition) is 1. The van der Waals surface area contributed by atoms with E-state index in [1.807, 2.05) is 32.0 Å². The summed E-state index contributed by atoms with van der Waals surface area (Å²) in [6.07, 6.45) is 0. The molecule has 0 aromatic heterocycles. The summed E-state index contributed by atoms with van der Waals surface area (Å²) in [6.45, 7) is 14.5. The SMILES string of the molecule is Cc1cccc(C)c1C(=O)c1c(C)c(C)c(C)c(C)c1C. The minimum atomic E-state index is 0.159. The molecule has 1 heteroatoms. The van der Waals surface area contributed by atoms with Crippen LogP contribution in [0.15, 0.2) is 18.2 Å². The van der Waals surface area contributed by atoms with Gasteiger partial charge in [0.05, 0.1) is 0 Å². The highest BCUT2D eigenvalue weighted by atomic mass is 16.1. The Bertz CT molecular complexity index is 687. The number of carbonyl (C=O) groups excluding carboxylic acids is 1. The molecule has 2 rings (SSSR count). The maximum Gasteiger partial charge on any atom is 0.194 e. The lowest BCUT2D eigenvalue weighted by atomic mass is 9.84. The van der Waals surface area contributed by atoms with E-state index in [0.717, 1.165) is 33.4 Å². The molecule has 1 nitrogen and oxygen atoms in total. The average Bonchev–Trinajstić information content (AvgIpc) is 2.43. The van der Waals surface area contributed by atoms with Crippen LogP contribution in [0.1, 0.15) is 54.9 Å². The Morgan fingerprint density at radius 2 is 1.00 bits per heavy atom. The van der Waals surface area contributed by atoms with Gasteiger partial charge in [0, 0.05) is 11.1 Å². The molecule has 0 heterocycles. The predicted molar refractivity (Wildman–Crippen MR) is 89.5 cm³/mol. The van der Waals surface area contributed by atoms with Gasteiger partial charge in [0.25, 0.3) is 0 Å². The molecule has 0 atom stereocenters. The van der Waals surface area contributed by atoms with Gasteiger partial charge in [-0.2, -0.15) is 0 Å². The molecular formula is C20H24O. The lowest BCUT2D eigenvalue weighted by Crippen LogP contribution is -2.13. The quantitative estimate of drug-likeness (QED) is 0.701. The number of ketones is 1. The normalized spacial score (nSPS) is 10.8. The lowest BCUT2D eigenvalue weighted by molar-refractivity contribution is 0.103. The van der Waals surface area contributed by atoms with Crippen LogP contribution in [0.4, 0.5) is 0 Å². The third-order valence-corrected chi connectivity index (χ3v) is 4.94. The lowest BCUT2D eigenvalue weighted by Gasteiger charge is -2.19. The van der Waals surface area contributed by atoms with E-state index in [4.69, 9.17) is 0 Å². The van der Waals surface area contributed by atoms with E-state index < -0.39 is 0 Å². The fraction of sp³-hybridized carbons (Fsp3) is 0.350. The van der Waals surface area contributed by atoms with Crippen molar-refractivity contribution < 1.29 is 4.79 Å². The molecule has 0 saturated heterocycles. The summed E-state index contributed by atoms with van der Waals surface area (Å²) in [7, 11) is 0. The molecule has 2 aromatic rings. The van der Waals surface area contributed by atoms with Crippen LogP contribution in [0, 0.1) is 48.5 Å². The Balaban J connectivity index is 2.77. The molecule has 0 amide bonds. The first kappa shape index (κ1) is 15.5. The Morgan fingerprint density at radius 3 is 1.43 bits per heavy atom. The van der Waals surface area contributed by atoms with Gasteiger partial charge >= 0.3 is 0 Å². The van der Waals surface area contributed by atoms with Gasteiger partial charge in [-0.1, -0.05) is 18.2 Å². The summed E-state index contributed by atoms with van der Waals surface area (Å²) in [6, 6.07) is 6.03. The molecule has 0 saturated carbocycles. The molecule has 0 N–H and O–H groups in total. The van der Waals surface area contributed by atoms with Gasteiger partial charge in [-0.05, 0) is 87.4 Å². The van der Waals surface area contributed by atoms with Gasteiger partial charge < -0.3 is 0 Å². The number of rotatable bonds is 2. The molecule has 110 valence electrons. The van der Waals surface area contributed by atoms with E-state index >= 15 is 0 Å². The first-order valence-electron chi connectivity index (χ1n) is 7.45. The fourth-order valence-corrected chi connectivity index (χ4v) is 3.14.